The molecule has 0 bridgehead atoms. The highest BCUT2D eigenvalue weighted by Crippen LogP contribution is 2.16. The van der Waals surface area contributed by atoms with Crippen molar-refractivity contribution < 1.29 is 20.1 Å². The molecule has 0 radical (unpaired) electrons. The second-order valence-electron chi connectivity index (χ2n) is 4.56. The molecule has 0 saturated carbocycles. The average molecular weight is 253 g/mol. The first kappa shape index (κ1) is 14.6. The first-order valence-corrected chi connectivity index (χ1v) is 5.77. The molecule has 0 aliphatic heterocycles. The van der Waals surface area contributed by atoms with E-state index in [0.29, 0.717) is 5.56 Å². The number of hydrogen-bond donors (Lipinski definition) is 4. The fourth-order valence-corrected chi connectivity index (χ4v) is 1.54. The summed E-state index contributed by atoms with van der Waals surface area (Å²) in [5, 5.41) is 30.4. The first-order chi connectivity index (χ1) is 8.52. The van der Waals surface area contributed by atoms with E-state index in [1.54, 1.807) is 31.2 Å². The normalized spacial score (nSPS) is 13.3. The Balaban J connectivity index is 2.74. The van der Waals surface area contributed by atoms with Gasteiger partial charge in [-0.1, -0.05) is 30.3 Å². The van der Waals surface area contributed by atoms with Crippen LogP contribution in [0.4, 0.5) is 0 Å². The number of aliphatic hydroxyl groups is 2. The van der Waals surface area contributed by atoms with Gasteiger partial charge in [-0.15, -0.1) is 0 Å². The number of nitrogens with one attached hydrogen (secondary N) is 1. The summed E-state index contributed by atoms with van der Waals surface area (Å²) in [6.45, 7) is 1.27. The van der Waals surface area contributed by atoms with E-state index in [9.17, 15) is 9.90 Å². The third kappa shape index (κ3) is 3.80. The van der Waals surface area contributed by atoms with Crippen LogP contribution in [0.25, 0.3) is 0 Å². The summed E-state index contributed by atoms with van der Waals surface area (Å²) in [4.78, 5) is 11.2. The van der Waals surface area contributed by atoms with Gasteiger partial charge in [-0.2, -0.15) is 0 Å². The third-order valence-corrected chi connectivity index (χ3v) is 2.93. The summed E-state index contributed by atoms with van der Waals surface area (Å²) < 4.78 is 0. The Kier molecular flexibility index (Phi) is 5.27. The Hall–Kier alpha value is -1.43. The van der Waals surface area contributed by atoms with Gasteiger partial charge in [0, 0.05) is 6.54 Å². The van der Waals surface area contributed by atoms with Gasteiger partial charge < -0.3 is 20.6 Å². The van der Waals surface area contributed by atoms with Gasteiger partial charge in [0.05, 0.1) is 24.7 Å². The fraction of sp³-hybridized carbons (Fsp3) is 0.462. The van der Waals surface area contributed by atoms with Crippen molar-refractivity contribution in [3.05, 3.63) is 35.9 Å². The molecule has 1 atom stereocenters. The van der Waals surface area contributed by atoms with Gasteiger partial charge in [-0.25, -0.2) is 0 Å². The number of hydrogen-bond acceptors (Lipinski definition) is 4. The minimum absolute atomic E-state index is 0.150. The summed E-state index contributed by atoms with van der Waals surface area (Å²) in [6.07, 6.45) is 0. The predicted octanol–water partition coefficient (Wildman–Crippen LogP) is 0.188. The quantitative estimate of drug-likeness (QED) is 0.557. The molecule has 4 N–H and O–H groups in total. The molecule has 0 saturated heterocycles. The molecule has 5 nitrogen and oxygen atoms in total. The van der Waals surface area contributed by atoms with E-state index in [2.05, 4.69) is 5.32 Å². The number of rotatable bonds is 7. The Bertz CT molecular complexity index is 376. The highest BCUT2D eigenvalue weighted by atomic mass is 16.4. The van der Waals surface area contributed by atoms with Gasteiger partial charge in [-0.3, -0.25) is 4.79 Å². The smallest absolute Gasteiger partial charge is 0.312 e. The van der Waals surface area contributed by atoms with Gasteiger partial charge in [0.2, 0.25) is 0 Å². The van der Waals surface area contributed by atoms with Gasteiger partial charge in [0.1, 0.15) is 0 Å². The third-order valence-electron chi connectivity index (χ3n) is 2.93. The van der Waals surface area contributed by atoms with Crippen LogP contribution >= 0.6 is 0 Å². The van der Waals surface area contributed by atoms with Crippen LogP contribution in [-0.4, -0.2) is 46.6 Å². The second kappa shape index (κ2) is 6.49. The molecule has 0 spiro atoms. The molecule has 1 unspecified atom stereocenters. The van der Waals surface area contributed by atoms with E-state index in [-0.39, 0.29) is 19.8 Å². The number of carbonyl (C=O) groups is 1. The van der Waals surface area contributed by atoms with Crippen LogP contribution in [0.3, 0.4) is 0 Å². The SMILES string of the molecule is CC(CO)(CO)NCC(C(=O)O)c1ccccc1. The standard InChI is InChI=1S/C13H19NO4/c1-13(8-15,9-16)14-7-11(12(17)18)10-5-3-2-4-6-10/h2-6,11,14-16H,7-9H2,1H3,(H,17,18). The lowest BCUT2D eigenvalue weighted by atomic mass is 9.97. The molecule has 0 aliphatic rings. The summed E-state index contributed by atoms with van der Waals surface area (Å²) in [5.41, 5.74) is -0.182. The van der Waals surface area contributed by atoms with Gasteiger partial charge in [0.25, 0.3) is 0 Å². The first-order valence-electron chi connectivity index (χ1n) is 5.77. The molecule has 5 heteroatoms. The Morgan fingerprint density at radius 1 is 1.28 bits per heavy atom. The van der Waals surface area contributed by atoms with Crippen LogP contribution in [0.2, 0.25) is 0 Å². The van der Waals surface area contributed by atoms with Crippen molar-refractivity contribution in [2.45, 2.75) is 18.4 Å². The van der Waals surface area contributed by atoms with Crippen molar-refractivity contribution >= 4 is 5.97 Å². The number of aliphatic carboxylic acids is 1. The van der Waals surface area contributed by atoms with Crippen LogP contribution in [0.1, 0.15) is 18.4 Å². The number of benzene rings is 1. The monoisotopic (exact) mass is 253 g/mol. The molecule has 100 valence electrons. The summed E-state index contributed by atoms with van der Waals surface area (Å²) in [7, 11) is 0. The largest absolute Gasteiger partial charge is 0.481 e. The van der Waals surface area contributed by atoms with Crippen LogP contribution in [0.15, 0.2) is 30.3 Å². The lowest BCUT2D eigenvalue weighted by Gasteiger charge is -2.28. The average Bonchev–Trinajstić information content (AvgIpc) is 2.39. The topological polar surface area (TPSA) is 89.8 Å². The van der Waals surface area contributed by atoms with Crippen LogP contribution in [-0.2, 0) is 4.79 Å². The maximum absolute atomic E-state index is 11.2. The molecular weight excluding hydrogens is 234 g/mol. The predicted molar refractivity (Wildman–Crippen MR) is 67.4 cm³/mol. The molecule has 1 aromatic carbocycles. The second-order valence-corrected chi connectivity index (χ2v) is 4.56. The van der Waals surface area contributed by atoms with Gasteiger partial charge >= 0.3 is 5.97 Å². The summed E-state index contributed by atoms with van der Waals surface area (Å²) in [6, 6.07) is 8.87. The number of aliphatic hydroxyl groups excluding tert-OH is 2. The number of carboxylic acids is 1. The zero-order valence-corrected chi connectivity index (χ0v) is 10.3. The molecule has 0 heterocycles. The van der Waals surface area contributed by atoms with Crippen molar-refractivity contribution in [1.29, 1.82) is 0 Å². The molecule has 1 rings (SSSR count). The zero-order valence-electron chi connectivity index (χ0n) is 10.3. The lowest BCUT2D eigenvalue weighted by Crippen LogP contribution is -2.50. The minimum Gasteiger partial charge on any atom is -0.481 e. The molecule has 0 aliphatic carbocycles. The van der Waals surface area contributed by atoms with Crippen molar-refractivity contribution in [3.8, 4) is 0 Å². The molecule has 18 heavy (non-hydrogen) atoms. The van der Waals surface area contributed by atoms with E-state index in [1.165, 1.54) is 0 Å². The Morgan fingerprint density at radius 3 is 2.28 bits per heavy atom. The van der Waals surface area contributed by atoms with Crippen molar-refractivity contribution in [2.24, 2.45) is 0 Å². The van der Waals surface area contributed by atoms with Crippen LogP contribution < -0.4 is 5.32 Å². The fourth-order valence-electron chi connectivity index (χ4n) is 1.54. The van der Waals surface area contributed by atoms with E-state index in [0.717, 1.165) is 0 Å². The van der Waals surface area contributed by atoms with E-state index >= 15 is 0 Å². The highest BCUT2D eigenvalue weighted by Gasteiger charge is 2.26. The minimum atomic E-state index is -0.938. The van der Waals surface area contributed by atoms with E-state index in [4.69, 9.17) is 10.2 Å². The van der Waals surface area contributed by atoms with Gasteiger partial charge in [-0.05, 0) is 12.5 Å². The molecule has 0 fully saturated rings. The Morgan fingerprint density at radius 2 is 1.83 bits per heavy atom. The van der Waals surface area contributed by atoms with Crippen molar-refractivity contribution in [2.75, 3.05) is 19.8 Å². The van der Waals surface area contributed by atoms with Crippen LogP contribution in [0, 0.1) is 0 Å². The molecule has 1 aromatic rings. The lowest BCUT2D eigenvalue weighted by molar-refractivity contribution is -0.138. The molecule has 0 amide bonds. The molecule has 0 aromatic heterocycles. The van der Waals surface area contributed by atoms with Crippen LogP contribution in [0.5, 0.6) is 0 Å². The maximum atomic E-state index is 11.2. The summed E-state index contributed by atoms with van der Waals surface area (Å²) >= 11 is 0. The highest BCUT2D eigenvalue weighted by molar-refractivity contribution is 5.76. The summed E-state index contributed by atoms with van der Waals surface area (Å²) in [5.74, 6) is -1.64. The van der Waals surface area contributed by atoms with Crippen molar-refractivity contribution in [1.82, 2.24) is 5.32 Å². The molecular formula is C13H19NO4. The zero-order chi connectivity index (χ0) is 13.6. The van der Waals surface area contributed by atoms with E-state index < -0.39 is 17.4 Å². The Labute approximate surface area is 106 Å². The maximum Gasteiger partial charge on any atom is 0.312 e. The van der Waals surface area contributed by atoms with Gasteiger partial charge in [0.15, 0.2) is 0 Å². The number of carboxylic acid groups (broad SMARTS) is 1. The van der Waals surface area contributed by atoms with Crippen molar-refractivity contribution in [3.63, 3.8) is 0 Å². The van der Waals surface area contributed by atoms with E-state index in [1.807, 2.05) is 6.07 Å².